The fraction of sp³-hybridized carbons (Fsp3) is 0.667. The Labute approximate surface area is 157 Å². The standard InChI is InChI=1S/C18H30F2NSi.Ti/c1-4-5-12-21(13-8-6-7-9-14-22(2)3)18-11-10-16(19)15-17(18)20;/h10-11,22H,4-9,12-14H2,1-3H3;/q-1;. The van der Waals surface area contributed by atoms with Crippen molar-refractivity contribution in [3.63, 3.8) is 0 Å². The van der Waals surface area contributed by atoms with Crippen molar-refractivity contribution in [3.8, 4) is 0 Å². The van der Waals surface area contributed by atoms with Crippen LogP contribution in [-0.4, -0.2) is 21.9 Å². The first-order valence-electron chi connectivity index (χ1n) is 8.66. The van der Waals surface area contributed by atoms with Crippen LogP contribution < -0.4 is 4.90 Å². The van der Waals surface area contributed by atoms with E-state index in [9.17, 15) is 8.78 Å². The van der Waals surface area contributed by atoms with Gasteiger partial charge in [0.15, 0.2) is 0 Å². The van der Waals surface area contributed by atoms with Crippen molar-refractivity contribution in [3.05, 3.63) is 29.8 Å². The molecule has 0 aliphatic carbocycles. The average molecular weight is 374 g/mol. The van der Waals surface area contributed by atoms with Crippen molar-refractivity contribution >= 4 is 14.5 Å². The van der Waals surface area contributed by atoms with Crippen LogP contribution in [-0.2, 0) is 21.7 Å². The number of anilines is 1. The first-order valence-corrected chi connectivity index (χ1v) is 11.8. The van der Waals surface area contributed by atoms with Gasteiger partial charge in [0.05, 0.1) is 0 Å². The van der Waals surface area contributed by atoms with E-state index in [-0.39, 0.29) is 21.7 Å². The number of unbranched alkanes of at least 4 members (excludes halogenated alkanes) is 4. The van der Waals surface area contributed by atoms with E-state index in [1.807, 2.05) is 4.90 Å². The molecule has 5 heteroatoms. The van der Waals surface area contributed by atoms with E-state index >= 15 is 0 Å². The molecule has 0 unspecified atom stereocenters. The Bertz CT molecular complexity index is 429. The fourth-order valence-corrected chi connectivity index (χ4v) is 3.70. The molecule has 0 fully saturated rings. The quantitative estimate of drug-likeness (QED) is 0.284. The second-order valence-electron chi connectivity index (χ2n) is 6.44. The van der Waals surface area contributed by atoms with Gasteiger partial charge < -0.3 is 4.90 Å². The Morgan fingerprint density at radius 2 is 1.65 bits per heavy atom. The Kier molecular flexibility index (Phi) is 13.0. The third-order valence-electron chi connectivity index (χ3n) is 3.92. The molecule has 0 N–H and O–H groups in total. The molecular formula is C18H30F2NSiTi-. The van der Waals surface area contributed by atoms with E-state index in [0.717, 1.165) is 32.4 Å². The molecule has 1 rings (SSSR count). The predicted octanol–water partition coefficient (Wildman–Crippen LogP) is 5.42. The van der Waals surface area contributed by atoms with E-state index < -0.39 is 20.4 Å². The molecule has 23 heavy (non-hydrogen) atoms. The van der Waals surface area contributed by atoms with Gasteiger partial charge in [-0.05, 0) is 18.5 Å². The van der Waals surface area contributed by atoms with Crippen LogP contribution in [0.2, 0.25) is 19.1 Å². The summed E-state index contributed by atoms with van der Waals surface area (Å²) in [5, 5.41) is 0. The van der Waals surface area contributed by atoms with E-state index in [0.29, 0.717) is 5.69 Å². The molecule has 0 bridgehead atoms. The number of benzene rings is 1. The summed E-state index contributed by atoms with van der Waals surface area (Å²) >= 11 is 0. The molecule has 0 aliphatic rings. The van der Waals surface area contributed by atoms with Crippen LogP contribution in [0.25, 0.3) is 0 Å². The maximum Gasteiger partial charge on any atom is 0.0361 e. The van der Waals surface area contributed by atoms with Crippen LogP contribution in [0.1, 0.15) is 45.4 Å². The van der Waals surface area contributed by atoms with Crippen molar-refractivity contribution in [1.82, 2.24) is 0 Å². The maximum atomic E-state index is 13.9. The van der Waals surface area contributed by atoms with Crippen molar-refractivity contribution in [2.75, 3.05) is 18.0 Å². The summed E-state index contributed by atoms with van der Waals surface area (Å²) in [6.45, 7) is 8.57. The zero-order valence-electron chi connectivity index (χ0n) is 14.8. The zero-order chi connectivity index (χ0) is 16.4. The van der Waals surface area contributed by atoms with Gasteiger partial charge >= 0.3 is 0 Å². The summed E-state index contributed by atoms with van der Waals surface area (Å²) in [5.41, 5.74) is 0.490. The monoisotopic (exact) mass is 374 g/mol. The molecule has 0 saturated carbocycles. The van der Waals surface area contributed by atoms with E-state index in [4.69, 9.17) is 0 Å². The van der Waals surface area contributed by atoms with Gasteiger partial charge in [-0.1, -0.05) is 51.7 Å². The first kappa shape index (κ1) is 22.8. The first-order chi connectivity index (χ1) is 10.5. The van der Waals surface area contributed by atoms with Gasteiger partial charge in [-0.3, -0.25) is 0 Å². The molecule has 0 heterocycles. The second kappa shape index (κ2) is 13.1. The minimum absolute atomic E-state index is 0. The Balaban J connectivity index is 0.00000484. The van der Waals surface area contributed by atoms with Crippen molar-refractivity contribution in [2.45, 2.75) is 64.6 Å². The van der Waals surface area contributed by atoms with Gasteiger partial charge in [0.2, 0.25) is 0 Å². The predicted molar refractivity (Wildman–Crippen MR) is 94.5 cm³/mol. The minimum atomic E-state index is -0.630. The SMILES string of the molecule is CCCCN(CCCCCC[SiH](C)C)c1ccc(F)[c-]c1F.[Ti]. The van der Waals surface area contributed by atoms with Crippen LogP contribution in [0.5, 0.6) is 0 Å². The topological polar surface area (TPSA) is 3.24 Å². The number of nitrogens with zero attached hydrogens (tertiary/aromatic N) is 1. The van der Waals surface area contributed by atoms with Crippen LogP contribution in [0.4, 0.5) is 14.5 Å². The maximum absolute atomic E-state index is 13.9. The van der Waals surface area contributed by atoms with Crippen LogP contribution in [0, 0.1) is 17.7 Å². The normalized spacial score (nSPS) is 10.7. The summed E-state index contributed by atoms with van der Waals surface area (Å²) in [7, 11) is -0.418. The number of rotatable bonds is 11. The smallest absolute Gasteiger partial charge is 0.0361 e. The van der Waals surface area contributed by atoms with Crippen LogP contribution in [0.3, 0.4) is 0 Å². The molecule has 1 nitrogen and oxygen atoms in total. The third-order valence-corrected chi connectivity index (χ3v) is 5.49. The minimum Gasteiger partial charge on any atom is -0.421 e. The van der Waals surface area contributed by atoms with Crippen molar-refractivity contribution in [2.24, 2.45) is 0 Å². The molecule has 0 amide bonds. The summed E-state index contributed by atoms with van der Waals surface area (Å²) in [4.78, 5) is 2.05. The molecular weight excluding hydrogens is 344 g/mol. The van der Waals surface area contributed by atoms with E-state index in [1.165, 1.54) is 31.4 Å². The van der Waals surface area contributed by atoms with E-state index in [2.05, 4.69) is 26.1 Å². The summed E-state index contributed by atoms with van der Waals surface area (Å²) in [6.07, 6.45) is 6.95. The van der Waals surface area contributed by atoms with Gasteiger partial charge in [-0.15, -0.1) is 18.2 Å². The fourth-order valence-electron chi connectivity index (χ4n) is 2.59. The Morgan fingerprint density at radius 3 is 2.26 bits per heavy atom. The average Bonchev–Trinajstić information content (AvgIpc) is 2.46. The summed E-state index contributed by atoms with van der Waals surface area (Å²) in [6, 6.07) is 6.41. The molecule has 0 radical (unpaired) electrons. The Hall–Kier alpha value is -0.189. The Morgan fingerprint density at radius 1 is 1.00 bits per heavy atom. The largest absolute Gasteiger partial charge is 0.421 e. The van der Waals surface area contributed by atoms with Crippen molar-refractivity contribution < 1.29 is 30.5 Å². The molecule has 0 aromatic heterocycles. The molecule has 0 atom stereocenters. The number of hydrogen-bond donors (Lipinski definition) is 0. The van der Waals surface area contributed by atoms with Crippen LogP contribution in [0.15, 0.2) is 12.1 Å². The molecule has 0 saturated heterocycles. The van der Waals surface area contributed by atoms with Gasteiger partial charge in [0, 0.05) is 55.2 Å². The summed E-state index contributed by atoms with van der Waals surface area (Å²) in [5.74, 6) is -1.20. The van der Waals surface area contributed by atoms with Crippen LogP contribution >= 0.6 is 0 Å². The zero-order valence-corrected chi connectivity index (χ0v) is 17.5. The molecule has 1 aromatic rings. The molecule has 0 spiro atoms. The molecule has 0 aliphatic heterocycles. The van der Waals surface area contributed by atoms with E-state index in [1.54, 1.807) is 6.07 Å². The number of halogens is 2. The van der Waals surface area contributed by atoms with Gasteiger partial charge in [-0.25, -0.2) is 8.78 Å². The molecule has 1 aromatic carbocycles. The molecule has 130 valence electrons. The summed E-state index contributed by atoms with van der Waals surface area (Å²) < 4.78 is 26.9. The third kappa shape index (κ3) is 9.63. The van der Waals surface area contributed by atoms with Gasteiger partial charge in [-0.2, -0.15) is 0 Å². The number of hydrogen-bond acceptors (Lipinski definition) is 1. The van der Waals surface area contributed by atoms with Crippen molar-refractivity contribution in [1.29, 1.82) is 0 Å². The van der Waals surface area contributed by atoms with Gasteiger partial charge in [0.25, 0.3) is 0 Å². The second-order valence-corrected chi connectivity index (χ2v) is 9.81. The van der Waals surface area contributed by atoms with Gasteiger partial charge in [0.1, 0.15) is 0 Å².